The summed E-state index contributed by atoms with van der Waals surface area (Å²) < 4.78 is 6.12. The van der Waals surface area contributed by atoms with Gasteiger partial charge in [-0.25, -0.2) is 0 Å². The van der Waals surface area contributed by atoms with Gasteiger partial charge in [0.05, 0.1) is 4.58 Å². The molecular formula is C18H19NO2S3. The number of anilines is 1. The number of carbonyl (C=O) groups excluding carboxylic acids is 1. The zero-order valence-electron chi connectivity index (χ0n) is 13.4. The number of nitrogens with one attached hydrogen (secondary N) is 1. The summed E-state index contributed by atoms with van der Waals surface area (Å²) in [6, 6.07) is 15.8. The smallest absolute Gasteiger partial charge is 0.262 e. The normalized spacial score (nSPS) is 14.5. The highest BCUT2D eigenvalue weighted by Crippen LogP contribution is 2.45. The first-order valence-corrected chi connectivity index (χ1v) is 11.0. The quantitative estimate of drug-likeness (QED) is 0.725. The highest BCUT2D eigenvalue weighted by Gasteiger charge is 2.17. The molecule has 2 aromatic rings. The van der Waals surface area contributed by atoms with E-state index in [0.717, 1.165) is 16.3 Å². The van der Waals surface area contributed by atoms with Crippen LogP contribution in [0.4, 0.5) is 5.69 Å². The summed E-state index contributed by atoms with van der Waals surface area (Å²) in [5.41, 5.74) is 2.11. The van der Waals surface area contributed by atoms with Crippen LogP contribution in [0.15, 0.2) is 53.4 Å². The third-order valence-corrected chi connectivity index (χ3v) is 7.33. The minimum atomic E-state index is -0.153. The van der Waals surface area contributed by atoms with Gasteiger partial charge in [0.1, 0.15) is 5.75 Å². The average molecular weight is 378 g/mol. The molecular weight excluding hydrogens is 358 g/mol. The van der Waals surface area contributed by atoms with Crippen molar-refractivity contribution in [1.82, 2.24) is 0 Å². The summed E-state index contributed by atoms with van der Waals surface area (Å²) >= 11 is 5.61. The van der Waals surface area contributed by atoms with Gasteiger partial charge in [-0.05, 0) is 42.2 Å². The number of ether oxygens (including phenoxy) is 1. The molecule has 1 saturated heterocycles. The van der Waals surface area contributed by atoms with E-state index < -0.39 is 0 Å². The van der Waals surface area contributed by atoms with Crippen molar-refractivity contribution in [2.75, 3.05) is 29.7 Å². The molecule has 1 amide bonds. The van der Waals surface area contributed by atoms with Crippen LogP contribution in [-0.2, 0) is 4.79 Å². The minimum absolute atomic E-state index is 0.00969. The fraction of sp³-hybridized carbons (Fsp3) is 0.278. The van der Waals surface area contributed by atoms with E-state index in [1.807, 2.05) is 66.2 Å². The Hall–Kier alpha value is -1.24. The highest BCUT2D eigenvalue weighted by molar-refractivity contribution is 8.19. The number of hydrogen-bond acceptors (Lipinski definition) is 5. The highest BCUT2D eigenvalue weighted by atomic mass is 32.2. The fourth-order valence-corrected chi connectivity index (χ4v) is 5.64. The predicted octanol–water partition coefficient (Wildman–Crippen LogP) is 4.90. The number of amides is 1. The van der Waals surface area contributed by atoms with E-state index in [9.17, 15) is 4.79 Å². The van der Waals surface area contributed by atoms with Crippen molar-refractivity contribution in [1.29, 1.82) is 0 Å². The lowest BCUT2D eigenvalue weighted by Crippen LogP contribution is -2.20. The SMILES string of the molecule is CSc1cccc(NC(=O)COc2ccc(C3SCCS3)cc2)c1. The lowest BCUT2D eigenvalue weighted by Gasteiger charge is -2.11. The van der Waals surface area contributed by atoms with Crippen LogP contribution in [-0.4, -0.2) is 30.3 Å². The van der Waals surface area contributed by atoms with Crippen molar-refractivity contribution < 1.29 is 9.53 Å². The number of carbonyl (C=O) groups is 1. The Morgan fingerprint density at radius 3 is 2.67 bits per heavy atom. The van der Waals surface area contributed by atoms with Crippen LogP contribution in [0.2, 0.25) is 0 Å². The van der Waals surface area contributed by atoms with Gasteiger partial charge >= 0.3 is 0 Å². The van der Waals surface area contributed by atoms with Crippen LogP contribution in [0.25, 0.3) is 0 Å². The second-order valence-electron chi connectivity index (χ2n) is 5.21. The molecule has 1 fully saturated rings. The van der Waals surface area contributed by atoms with Gasteiger partial charge < -0.3 is 10.1 Å². The van der Waals surface area contributed by atoms with Crippen LogP contribution in [0.1, 0.15) is 10.1 Å². The lowest BCUT2D eigenvalue weighted by atomic mass is 10.2. The van der Waals surface area contributed by atoms with Gasteiger partial charge in [-0.1, -0.05) is 18.2 Å². The second-order valence-corrected chi connectivity index (χ2v) is 8.82. The molecule has 0 spiro atoms. The third-order valence-electron chi connectivity index (χ3n) is 3.50. The monoisotopic (exact) mass is 377 g/mol. The molecule has 0 radical (unpaired) electrons. The maximum atomic E-state index is 12.0. The van der Waals surface area contributed by atoms with Gasteiger partial charge in [0, 0.05) is 22.1 Å². The standard InChI is InChI=1S/C18H19NO2S3/c1-22-16-4-2-3-14(11-16)19-17(20)12-21-15-7-5-13(6-8-15)18-23-9-10-24-18/h2-8,11,18H,9-10,12H2,1H3,(H,19,20). The Morgan fingerprint density at radius 2 is 1.96 bits per heavy atom. The molecule has 126 valence electrons. The van der Waals surface area contributed by atoms with Gasteiger partial charge in [-0.3, -0.25) is 4.79 Å². The predicted molar refractivity (Wildman–Crippen MR) is 106 cm³/mol. The van der Waals surface area contributed by atoms with Crippen molar-refractivity contribution in [3.05, 3.63) is 54.1 Å². The maximum absolute atomic E-state index is 12.0. The summed E-state index contributed by atoms with van der Waals surface area (Å²) in [6.45, 7) is 0.00969. The molecule has 1 aliphatic rings. The van der Waals surface area contributed by atoms with Gasteiger partial charge in [-0.15, -0.1) is 35.3 Å². The molecule has 24 heavy (non-hydrogen) atoms. The minimum Gasteiger partial charge on any atom is -0.484 e. The average Bonchev–Trinajstić information content (AvgIpc) is 3.15. The summed E-state index contributed by atoms with van der Waals surface area (Å²) in [6.07, 6.45) is 2.01. The van der Waals surface area contributed by atoms with Gasteiger partial charge in [0.2, 0.25) is 0 Å². The molecule has 0 unspecified atom stereocenters. The Kier molecular flexibility index (Phi) is 6.40. The van der Waals surface area contributed by atoms with E-state index in [-0.39, 0.29) is 12.5 Å². The number of rotatable bonds is 6. The van der Waals surface area contributed by atoms with Crippen LogP contribution >= 0.6 is 35.3 Å². The third kappa shape index (κ3) is 4.88. The summed E-state index contributed by atoms with van der Waals surface area (Å²) in [7, 11) is 0. The van der Waals surface area contributed by atoms with E-state index in [1.54, 1.807) is 11.8 Å². The van der Waals surface area contributed by atoms with Crippen LogP contribution in [0.5, 0.6) is 5.75 Å². The molecule has 1 heterocycles. The Balaban J connectivity index is 1.50. The van der Waals surface area contributed by atoms with Gasteiger partial charge in [0.15, 0.2) is 6.61 Å². The van der Waals surface area contributed by atoms with Crippen LogP contribution in [0.3, 0.4) is 0 Å². The number of benzene rings is 2. The van der Waals surface area contributed by atoms with E-state index >= 15 is 0 Å². The topological polar surface area (TPSA) is 38.3 Å². The Morgan fingerprint density at radius 1 is 1.21 bits per heavy atom. The first kappa shape index (κ1) is 17.6. The van der Waals surface area contributed by atoms with Crippen molar-refractivity contribution >= 4 is 46.9 Å². The van der Waals surface area contributed by atoms with E-state index in [0.29, 0.717) is 4.58 Å². The number of thioether (sulfide) groups is 3. The lowest BCUT2D eigenvalue weighted by molar-refractivity contribution is -0.118. The molecule has 1 aliphatic heterocycles. The van der Waals surface area contributed by atoms with E-state index in [1.165, 1.54) is 17.1 Å². The second kappa shape index (κ2) is 8.74. The molecule has 0 saturated carbocycles. The first-order chi connectivity index (χ1) is 11.7. The zero-order chi connectivity index (χ0) is 16.8. The van der Waals surface area contributed by atoms with E-state index in [2.05, 4.69) is 17.4 Å². The molecule has 6 heteroatoms. The molecule has 2 aromatic carbocycles. The first-order valence-electron chi connectivity index (χ1n) is 7.64. The maximum Gasteiger partial charge on any atom is 0.262 e. The molecule has 0 atom stereocenters. The van der Waals surface area contributed by atoms with Crippen LogP contribution < -0.4 is 10.1 Å². The molecule has 3 nitrogen and oxygen atoms in total. The summed E-state index contributed by atoms with van der Waals surface area (Å²) in [5, 5.41) is 2.86. The zero-order valence-corrected chi connectivity index (χ0v) is 15.8. The Bertz CT molecular complexity index is 685. The van der Waals surface area contributed by atoms with Gasteiger partial charge in [0.25, 0.3) is 5.91 Å². The van der Waals surface area contributed by atoms with Crippen molar-refractivity contribution in [2.45, 2.75) is 9.48 Å². The molecule has 0 aliphatic carbocycles. The fourth-order valence-electron chi connectivity index (χ4n) is 2.32. The molecule has 0 bridgehead atoms. The van der Waals surface area contributed by atoms with Gasteiger partial charge in [-0.2, -0.15) is 0 Å². The van der Waals surface area contributed by atoms with Crippen molar-refractivity contribution in [3.8, 4) is 5.75 Å². The Labute approximate surface area is 155 Å². The van der Waals surface area contributed by atoms with Crippen molar-refractivity contribution in [3.63, 3.8) is 0 Å². The number of hydrogen-bond donors (Lipinski definition) is 1. The molecule has 3 rings (SSSR count). The van der Waals surface area contributed by atoms with E-state index in [4.69, 9.17) is 4.74 Å². The van der Waals surface area contributed by atoms with Crippen molar-refractivity contribution in [2.24, 2.45) is 0 Å². The van der Waals surface area contributed by atoms with Crippen LogP contribution in [0, 0.1) is 0 Å². The summed E-state index contributed by atoms with van der Waals surface area (Å²) in [5.74, 6) is 3.00. The molecule has 1 N–H and O–H groups in total. The largest absolute Gasteiger partial charge is 0.484 e. The molecule has 0 aromatic heterocycles. The summed E-state index contributed by atoms with van der Waals surface area (Å²) in [4.78, 5) is 13.1.